The molecule has 8 rings (SSSR count). The molecular weight excluding hydrogens is 961 g/mol. The normalized spacial score (nSPS) is 16.5. The lowest BCUT2D eigenvalue weighted by atomic mass is 9.78. The molecule has 392 valence electrons. The van der Waals surface area contributed by atoms with E-state index in [0.717, 1.165) is 0 Å². The van der Waals surface area contributed by atoms with Crippen molar-refractivity contribution in [2.45, 2.75) is 50.5 Å². The number of hydrogen-bond acceptors (Lipinski definition) is 18. The number of aliphatic hydroxyl groups excluding tert-OH is 4. The number of carbonyl (C=O) groups excluding carboxylic acids is 2. The van der Waals surface area contributed by atoms with Crippen LogP contribution in [0.15, 0.2) is 84.9 Å². The Hall–Kier alpha value is -7.90. The van der Waals surface area contributed by atoms with Crippen LogP contribution in [0.2, 0.25) is 0 Å². The average molecular weight is 1020 g/mol. The first kappa shape index (κ1) is 53.9. The SMILES string of the molecule is COc1cc(CO)c([C@@H]2C(=O)c3c(OC)cc(CO)cc3O[C@@H]2c2ccc(OC)c(OC)c2)c(OC)c1.COc1cc(CO)c([C@H]2C(=O)c3c(OC)cc(CO)cc3O[C@@H]2c2ccc(OC)c(OC)c2)c(OC)c1. The second-order valence-electron chi connectivity index (χ2n) is 16.8. The van der Waals surface area contributed by atoms with Crippen LogP contribution in [0.3, 0.4) is 0 Å². The van der Waals surface area contributed by atoms with E-state index in [4.69, 9.17) is 56.8 Å². The molecule has 6 aromatic rings. The highest BCUT2D eigenvalue weighted by Gasteiger charge is 2.46. The smallest absolute Gasteiger partial charge is 0.182 e. The molecule has 0 amide bonds. The van der Waals surface area contributed by atoms with E-state index in [-0.39, 0.29) is 72.1 Å². The van der Waals surface area contributed by atoms with Gasteiger partial charge >= 0.3 is 0 Å². The first-order valence-electron chi connectivity index (χ1n) is 23.1. The van der Waals surface area contributed by atoms with Crippen LogP contribution < -0.4 is 56.8 Å². The van der Waals surface area contributed by atoms with Gasteiger partial charge in [0.15, 0.2) is 34.6 Å². The predicted molar refractivity (Wildman–Crippen MR) is 269 cm³/mol. The minimum Gasteiger partial charge on any atom is -0.497 e. The Morgan fingerprint density at radius 2 is 0.730 bits per heavy atom. The lowest BCUT2D eigenvalue weighted by Gasteiger charge is -2.35. The van der Waals surface area contributed by atoms with E-state index in [2.05, 4.69) is 0 Å². The maximum atomic E-state index is 14.3. The van der Waals surface area contributed by atoms with E-state index in [9.17, 15) is 30.0 Å². The average Bonchev–Trinajstić information content (AvgIpc) is 3.45. The molecule has 18 heteroatoms. The Balaban J connectivity index is 0.000000216. The number of rotatable bonds is 18. The molecule has 0 unspecified atom stereocenters. The molecule has 6 aromatic carbocycles. The Labute approximate surface area is 428 Å². The van der Waals surface area contributed by atoms with Gasteiger partial charge in [-0.2, -0.15) is 0 Å². The minimum atomic E-state index is -0.928. The third-order valence-corrected chi connectivity index (χ3v) is 13.0. The monoisotopic (exact) mass is 1020 g/mol. The van der Waals surface area contributed by atoms with Crippen LogP contribution in [0, 0.1) is 0 Å². The fourth-order valence-corrected chi connectivity index (χ4v) is 9.46. The quantitative estimate of drug-likeness (QED) is 0.0649. The molecule has 0 bridgehead atoms. The van der Waals surface area contributed by atoms with Crippen LogP contribution in [-0.4, -0.2) is 103 Å². The summed E-state index contributed by atoms with van der Waals surface area (Å²) in [5.74, 6) is 2.33. The summed E-state index contributed by atoms with van der Waals surface area (Å²) >= 11 is 0. The number of ether oxygens (including phenoxy) is 12. The molecule has 0 fully saturated rings. The van der Waals surface area contributed by atoms with Crippen molar-refractivity contribution in [3.63, 3.8) is 0 Å². The number of Topliss-reactive ketones (excluding diaryl/α,β-unsaturated/α-hetero) is 2. The topological polar surface area (TPSA) is 226 Å². The molecule has 18 nitrogen and oxygen atoms in total. The third-order valence-electron chi connectivity index (χ3n) is 13.0. The zero-order chi connectivity index (χ0) is 53.4. The minimum absolute atomic E-state index is 0.239. The highest BCUT2D eigenvalue weighted by molar-refractivity contribution is 6.08. The van der Waals surface area contributed by atoms with Crippen molar-refractivity contribution in [1.82, 2.24) is 0 Å². The summed E-state index contributed by atoms with van der Waals surface area (Å²) in [4.78, 5) is 28.6. The summed E-state index contributed by atoms with van der Waals surface area (Å²) < 4.78 is 67.9. The van der Waals surface area contributed by atoms with Gasteiger partial charge in [0.2, 0.25) is 0 Å². The van der Waals surface area contributed by atoms with E-state index >= 15 is 0 Å². The molecule has 74 heavy (non-hydrogen) atoms. The van der Waals surface area contributed by atoms with Crippen LogP contribution in [0.1, 0.15) is 89.3 Å². The molecule has 2 aliphatic heterocycles. The summed E-state index contributed by atoms with van der Waals surface area (Å²) in [5, 5.41) is 40.1. The fourth-order valence-electron chi connectivity index (χ4n) is 9.46. The molecule has 0 saturated heterocycles. The van der Waals surface area contributed by atoms with Crippen LogP contribution in [0.5, 0.6) is 69.0 Å². The second-order valence-corrected chi connectivity index (χ2v) is 16.8. The highest BCUT2D eigenvalue weighted by Crippen LogP contribution is 2.53. The Kier molecular flexibility index (Phi) is 17.3. The number of aliphatic hydroxyl groups is 4. The van der Waals surface area contributed by atoms with Crippen LogP contribution in [0.25, 0.3) is 0 Å². The highest BCUT2D eigenvalue weighted by atomic mass is 16.5. The molecule has 2 heterocycles. The van der Waals surface area contributed by atoms with Crippen molar-refractivity contribution >= 4 is 11.6 Å². The number of fused-ring (bicyclic) bond motifs is 2. The van der Waals surface area contributed by atoms with Crippen LogP contribution >= 0.6 is 0 Å². The summed E-state index contributed by atoms with van der Waals surface area (Å²) in [6.45, 7) is -1.24. The lowest BCUT2D eigenvalue weighted by molar-refractivity contribution is 0.0759. The first-order valence-corrected chi connectivity index (χ1v) is 23.1. The zero-order valence-corrected chi connectivity index (χ0v) is 42.7. The maximum absolute atomic E-state index is 14.3. The second kappa shape index (κ2) is 23.8. The maximum Gasteiger partial charge on any atom is 0.182 e. The molecule has 4 N–H and O–H groups in total. The summed E-state index contributed by atoms with van der Waals surface area (Å²) in [6.07, 6.45) is -1.68. The molecule has 0 radical (unpaired) electrons. The van der Waals surface area contributed by atoms with Gasteiger partial charge in [0.05, 0.1) is 109 Å². The number of methoxy groups -OCH3 is 10. The van der Waals surface area contributed by atoms with Gasteiger partial charge in [-0.1, -0.05) is 12.1 Å². The number of ketones is 2. The molecule has 4 atom stereocenters. The van der Waals surface area contributed by atoms with Crippen molar-refractivity contribution in [2.75, 3.05) is 71.1 Å². The summed E-state index contributed by atoms with van der Waals surface area (Å²) in [6, 6.07) is 23.6. The van der Waals surface area contributed by atoms with Gasteiger partial charge < -0.3 is 77.3 Å². The van der Waals surface area contributed by atoms with Gasteiger partial charge in [-0.3, -0.25) is 9.59 Å². The number of hydrogen-bond donors (Lipinski definition) is 4. The summed E-state index contributed by atoms with van der Waals surface area (Å²) in [5.41, 5.74) is 4.66. The van der Waals surface area contributed by atoms with Gasteiger partial charge in [-0.05, 0) is 94.0 Å². The van der Waals surface area contributed by atoms with Crippen molar-refractivity contribution < 1.29 is 86.9 Å². The lowest BCUT2D eigenvalue weighted by Crippen LogP contribution is -2.31. The molecule has 0 aromatic heterocycles. The fraction of sp³-hybridized carbons (Fsp3) is 0.321. The van der Waals surface area contributed by atoms with Gasteiger partial charge in [0.1, 0.15) is 69.3 Å². The molecule has 0 aliphatic carbocycles. The van der Waals surface area contributed by atoms with Gasteiger partial charge in [-0.15, -0.1) is 0 Å². The Bertz CT molecular complexity index is 2750. The molecule has 2 aliphatic rings. The molecular formula is C56H60O18. The van der Waals surface area contributed by atoms with Crippen LogP contribution in [-0.2, 0) is 26.4 Å². The molecule has 0 spiro atoms. The standard InChI is InChI=1S/2C28H30O9/c2*1-32-18-10-17(14-30)24(22(12-18)36-5)26-27(31)25-21(35-4)8-15(13-29)9-23(25)37-28(26)16-6-7-19(33-2)20(11-16)34-3/h2*6-12,26,28-30H,13-14H2,1-5H3/t26-,28+;26-,28-/m01/s1. The van der Waals surface area contributed by atoms with Gasteiger partial charge in [0, 0.05) is 23.3 Å². The van der Waals surface area contributed by atoms with Crippen molar-refractivity contribution in [3.05, 3.63) is 141 Å². The molecule has 0 saturated carbocycles. The Morgan fingerprint density at radius 3 is 1.03 bits per heavy atom. The first-order chi connectivity index (χ1) is 35.9. The largest absolute Gasteiger partial charge is 0.497 e. The van der Waals surface area contributed by atoms with Crippen molar-refractivity contribution in [3.8, 4) is 69.0 Å². The van der Waals surface area contributed by atoms with E-state index in [1.165, 1.54) is 71.1 Å². The Morgan fingerprint density at radius 1 is 0.378 bits per heavy atom. The van der Waals surface area contributed by atoms with E-state index in [1.807, 2.05) is 0 Å². The third kappa shape index (κ3) is 10.2. The van der Waals surface area contributed by atoms with Crippen molar-refractivity contribution in [2.24, 2.45) is 0 Å². The number of carbonyl (C=O) groups is 2. The summed E-state index contributed by atoms with van der Waals surface area (Å²) in [7, 11) is 15.0. The van der Waals surface area contributed by atoms with Gasteiger partial charge in [0.25, 0.3) is 0 Å². The predicted octanol–water partition coefficient (Wildman–Crippen LogP) is 7.63. The van der Waals surface area contributed by atoms with E-state index < -0.39 is 24.0 Å². The van der Waals surface area contributed by atoms with E-state index in [0.29, 0.717) is 90.5 Å². The van der Waals surface area contributed by atoms with E-state index in [1.54, 1.807) is 84.9 Å². The zero-order valence-electron chi connectivity index (χ0n) is 42.7. The number of benzene rings is 6. The van der Waals surface area contributed by atoms with Crippen LogP contribution in [0.4, 0.5) is 0 Å². The van der Waals surface area contributed by atoms with Gasteiger partial charge in [-0.25, -0.2) is 0 Å². The van der Waals surface area contributed by atoms with Crippen molar-refractivity contribution in [1.29, 1.82) is 0 Å².